The Morgan fingerprint density at radius 2 is 1.47 bits per heavy atom. The summed E-state index contributed by atoms with van der Waals surface area (Å²) in [5, 5.41) is 0. The van der Waals surface area contributed by atoms with Crippen LogP contribution in [0.3, 0.4) is 0 Å². The summed E-state index contributed by atoms with van der Waals surface area (Å²) in [6, 6.07) is 18.4. The molecule has 2 saturated heterocycles. The average Bonchev–Trinajstić information content (AvgIpc) is 2.96. The van der Waals surface area contributed by atoms with E-state index in [0.29, 0.717) is 5.75 Å². The summed E-state index contributed by atoms with van der Waals surface area (Å²) in [6.45, 7) is 11.4. The monoisotopic (exact) mass is 548 g/mol. The van der Waals surface area contributed by atoms with Crippen LogP contribution in [0.1, 0.15) is 38.8 Å². The van der Waals surface area contributed by atoms with E-state index in [-0.39, 0.29) is 12.0 Å². The summed E-state index contributed by atoms with van der Waals surface area (Å²) in [5.74, 6) is 0.713. The van der Waals surface area contributed by atoms with Crippen molar-refractivity contribution in [2.45, 2.75) is 64.5 Å². The number of ether oxygens (including phenoxy) is 1. The van der Waals surface area contributed by atoms with Crippen molar-refractivity contribution in [1.82, 2.24) is 0 Å². The van der Waals surface area contributed by atoms with Gasteiger partial charge in [-0.15, -0.1) is 0 Å². The van der Waals surface area contributed by atoms with Crippen molar-refractivity contribution in [3.8, 4) is 5.75 Å². The second-order valence-electron chi connectivity index (χ2n) is 10.1. The predicted molar refractivity (Wildman–Crippen MR) is 141 cm³/mol. The van der Waals surface area contributed by atoms with E-state index in [0.717, 1.165) is 0 Å². The third-order valence-electron chi connectivity index (χ3n) is 6.49. The molecular weight excluding hydrogens is 513 g/mol. The Morgan fingerprint density at radius 3 is 2.14 bits per heavy atom. The molecule has 2 bridgehead atoms. The highest BCUT2D eigenvalue weighted by Gasteiger charge is 2.60. The second kappa shape index (κ2) is 10.3. The number of hydrogen-bond acceptors (Lipinski definition) is 8. The van der Waals surface area contributed by atoms with Crippen molar-refractivity contribution in [2.75, 3.05) is 6.61 Å². The van der Waals surface area contributed by atoms with Crippen molar-refractivity contribution < 1.29 is 35.8 Å². The summed E-state index contributed by atoms with van der Waals surface area (Å²) < 4.78 is 35.3. The lowest BCUT2D eigenvalue weighted by Gasteiger charge is -2.32. The van der Waals surface area contributed by atoms with Gasteiger partial charge in [0, 0.05) is 18.5 Å². The molecule has 0 radical (unpaired) electrons. The van der Waals surface area contributed by atoms with Gasteiger partial charge in [-0.05, 0) is 48.9 Å². The fourth-order valence-electron chi connectivity index (χ4n) is 4.70. The Morgan fingerprint density at radius 1 is 0.861 bits per heavy atom. The van der Waals surface area contributed by atoms with E-state index in [1.54, 1.807) is 26.5 Å². The van der Waals surface area contributed by atoms with E-state index < -0.39 is 44.7 Å². The minimum absolute atomic E-state index is 0.128. The topological polar surface area (TPSA) is 95.8 Å². The Bertz CT molecular complexity index is 1060. The van der Waals surface area contributed by atoms with Gasteiger partial charge >= 0.3 is 26.4 Å². The Kier molecular flexibility index (Phi) is 7.80. The van der Waals surface area contributed by atoms with E-state index in [1.165, 1.54) is 23.4 Å². The van der Waals surface area contributed by atoms with Crippen LogP contribution in [0.4, 0.5) is 0 Å². The number of rotatable bonds is 6. The highest BCUT2D eigenvalue weighted by Crippen LogP contribution is 2.35. The lowest BCUT2D eigenvalue weighted by atomic mass is 9.78. The zero-order valence-electron chi connectivity index (χ0n) is 21.6. The van der Waals surface area contributed by atoms with Crippen molar-refractivity contribution in [2.24, 2.45) is 0 Å². The minimum Gasteiger partial charge on any atom is -0.490 e. The maximum Gasteiger partial charge on any atom is 0.519 e. The van der Waals surface area contributed by atoms with Gasteiger partial charge < -0.3 is 35.8 Å². The molecule has 2 heterocycles. The van der Waals surface area contributed by atoms with Gasteiger partial charge in [0.2, 0.25) is 0 Å². The van der Waals surface area contributed by atoms with Crippen LogP contribution in [0.2, 0.25) is 13.1 Å². The standard InChI is InChI=1S/C25H36O8Si3/c1-19-24-20(2)30-36(27,33-35(6,31-24)32-34(5,26)29-19)18-10-17-28-23-15-13-22(14-16-23)25(3,4)21-11-8-7-9-12-21/h7-16,18-20,24,26-27H,17H2,1-6H3/b18-10+. The van der Waals surface area contributed by atoms with Crippen molar-refractivity contribution in [3.63, 3.8) is 0 Å². The SMILES string of the molecule is CC1O[Si](C)(O)O[Si]2(C)OC1C(C)O[Si](O)(/C=C/COc1ccc(C(C)(C)c3ccccc3)cc1)O2. The van der Waals surface area contributed by atoms with Gasteiger partial charge in [0.1, 0.15) is 12.4 Å². The van der Waals surface area contributed by atoms with Gasteiger partial charge in [0.15, 0.2) is 0 Å². The lowest BCUT2D eigenvalue weighted by Crippen LogP contribution is -2.58. The third-order valence-corrected chi connectivity index (χ3v) is 15.0. The maximum absolute atomic E-state index is 11.2. The Balaban J connectivity index is 1.41. The first-order valence-corrected chi connectivity index (χ1v) is 18.5. The molecule has 8 nitrogen and oxygen atoms in total. The summed E-state index contributed by atoms with van der Waals surface area (Å²) >= 11 is 0. The Hall–Kier alpha value is -1.65. The first kappa shape index (κ1) is 27.4. The van der Waals surface area contributed by atoms with Gasteiger partial charge in [-0.1, -0.05) is 56.3 Å². The molecule has 6 unspecified atom stereocenters. The third kappa shape index (κ3) is 6.25. The molecule has 2 aromatic rings. The van der Waals surface area contributed by atoms with Crippen LogP contribution in [0.25, 0.3) is 0 Å². The van der Waals surface area contributed by atoms with Crippen LogP contribution in [0, 0.1) is 0 Å². The number of benzene rings is 2. The van der Waals surface area contributed by atoms with Crippen molar-refractivity contribution in [1.29, 1.82) is 0 Å². The molecule has 2 aromatic carbocycles. The maximum atomic E-state index is 11.2. The fraction of sp³-hybridized carbons (Fsp3) is 0.440. The quantitative estimate of drug-likeness (QED) is 0.527. The smallest absolute Gasteiger partial charge is 0.490 e. The molecule has 2 aliphatic rings. The van der Waals surface area contributed by atoms with E-state index in [2.05, 4.69) is 50.2 Å². The molecule has 0 amide bonds. The average molecular weight is 549 g/mol. The largest absolute Gasteiger partial charge is 0.519 e. The molecule has 2 N–H and O–H groups in total. The number of fused-ring (bicyclic) bond motifs is 2. The highest BCUT2D eigenvalue weighted by atomic mass is 28.5. The Labute approximate surface area is 216 Å². The summed E-state index contributed by atoms with van der Waals surface area (Å²) in [6.07, 6.45) is 0.145. The van der Waals surface area contributed by atoms with E-state index >= 15 is 0 Å². The van der Waals surface area contributed by atoms with Crippen LogP contribution >= 0.6 is 0 Å². The predicted octanol–water partition coefficient (Wildman–Crippen LogP) is 3.80. The molecule has 36 heavy (non-hydrogen) atoms. The molecule has 0 spiro atoms. The zero-order chi connectivity index (χ0) is 26.2. The molecule has 0 aliphatic carbocycles. The van der Waals surface area contributed by atoms with Crippen LogP contribution in [-0.2, 0) is 26.9 Å². The molecular formula is C25H36O8Si3. The van der Waals surface area contributed by atoms with E-state index in [1.807, 2.05) is 18.2 Å². The van der Waals surface area contributed by atoms with Gasteiger partial charge in [-0.3, -0.25) is 0 Å². The van der Waals surface area contributed by atoms with Crippen LogP contribution < -0.4 is 4.74 Å². The van der Waals surface area contributed by atoms with Crippen LogP contribution in [-0.4, -0.2) is 60.9 Å². The zero-order valence-corrected chi connectivity index (χ0v) is 24.6. The van der Waals surface area contributed by atoms with Gasteiger partial charge in [0.05, 0.1) is 18.3 Å². The molecule has 196 valence electrons. The van der Waals surface area contributed by atoms with Crippen molar-refractivity contribution in [3.05, 3.63) is 77.5 Å². The summed E-state index contributed by atoms with van der Waals surface area (Å²) in [7, 11) is -10.7. The lowest BCUT2D eigenvalue weighted by molar-refractivity contribution is -0.0186. The fourth-order valence-corrected chi connectivity index (χ4v) is 14.0. The van der Waals surface area contributed by atoms with Gasteiger partial charge in [0.25, 0.3) is 0 Å². The summed E-state index contributed by atoms with van der Waals surface area (Å²) in [5.41, 5.74) is 3.81. The van der Waals surface area contributed by atoms with Gasteiger partial charge in [-0.2, -0.15) is 0 Å². The summed E-state index contributed by atoms with van der Waals surface area (Å²) in [4.78, 5) is 21.8. The molecule has 11 heteroatoms. The number of hydrogen-bond donors (Lipinski definition) is 2. The first-order chi connectivity index (χ1) is 16.8. The van der Waals surface area contributed by atoms with E-state index in [4.69, 9.17) is 26.2 Å². The molecule has 2 fully saturated rings. The molecule has 4 rings (SSSR count). The molecule has 2 aliphatic heterocycles. The van der Waals surface area contributed by atoms with Crippen LogP contribution in [0.15, 0.2) is 66.4 Å². The normalized spacial score (nSPS) is 35.3. The van der Waals surface area contributed by atoms with E-state index in [9.17, 15) is 9.59 Å². The molecule has 0 saturated carbocycles. The second-order valence-corrected chi connectivity index (χ2v) is 17.5. The van der Waals surface area contributed by atoms with Crippen molar-refractivity contribution >= 4 is 26.4 Å². The minimum atomic E-state index is -3.83. The first-order valence-electron chi connectivity index (χ1n) is 12.2. The highest BCUT2D eigenvalue weighted by molar-refractivity contribution is 6.81. The van der Waals surface area contributed by atoms with Crippen LogP contribution in [0.5, 0.6) is 5.75 Å². The molecule has 0 aromatic heterocycles. The molecule has 6 atom stereocenters. The van der Waals surface area contributed by atoms with Gasteiger partial charge in [-0.25, -0.2) is 0 Å².